The van der Waals surface area contributed by atoms with Gasteiger partial charge in [0.15, 0.2) is 0 Å². The molecule has 0 amide bonds. The summed E-state index contributed by atoms with van der Waals surface area (Å²) in [5, 5.41) is 4.08. The summed E-state index contributed by atoms with van der Waals surface area (Å²) in [6.07, 6.45) is 0.926. The Morgan fingerprint density at radius 3 is 2.78 bits per heavy atom. The van der Waals surface area contributed by atoms with E-state index in [1.165, 1.54) is 11.6 Å². The maximum Gasteiger partial charge on any atom is 0.244 e. The number of imidazole rings is 1. The van der Waals surface area contributed by atoms with Crippen LogP contribution in [0, 0.1) is 0 Å². The molecule has 18 heavy (non-hydrogen) atoms. The summed E-state index contributed by atoms with van der Waals surface area (Å²) in [4.78, 5) is 19.3. The number of rotatable bonds is 2. The summed E-state index contributed by atoms with van der Waals surface area (Å²) in [5.74, 6) is 1.24. The molecule has 2 radical (unpaired) electrons. The fourth-order valence-corrected chi connectivity index (χ4v) is 2.11. The summed E-state index contributed by atoms with van der Waals surface area (Å²) in [6.45, 7) is 0. The van der Waals surface area contributed by atoms with Crippen molar-refractivity contribution in [2.24, 2.45) is 0 Å². The minimum absolute atomic E-state index is 0.0429. The Morgan fingerprint density at radius 2 is 2.17 bits per heavy atom. The number of carbonyl (C=O) groups is 1. The number of hydrogen-bond acceptors (Lipinski definition) is 6. The number of Topliss-reactive ketones (excluding diaryl/α,β-unsaturated/α-hetero) is 1. The zero-order valence-corrected chi connectivity index (χ0v) is 9.75. The Kier molecular flexibility index (Phi) is 2.26. The molecular weight excluding hydrogens is 233 g/mol. The second-order valence-corrected chi connectivity index (χ2v) is 4.24. The molecule has 8 heteroatoms. The monoisotopic (exact) mass is 243 g/mol. The Hall–Kier alpha value is -2.12. The van der Waals surface area contributed by atoms with Crippen LogP contribution in [0.4, 0.5) is 5.95 Å². The first-order valence-electron chi connectivity index (χ1n) is 5.47. The molecular formula is C10H10BN5O2. The fourth-order valence-electron chi connectivity index (χ4n) is 2.11. The largest absolute Gasteiger partial charge is 0.479 e. The van der Waals surface area contributed by atoms with Gasteiger partial charge in [-0.05, 0) is 0 Å². The van der Waals surface area contributed by atoms with Crippen LogP contribution in [0.2, 0.25) is 0 Å². The highest BCUT2D eigenvalue weighted by Crippen LogP contribution is 2.33. The lowest BCUT2D eigenvalue weighted by atomic mass is 9.83. The lowest BCUT2D eigenvalue weighted by Crippen LogP contribution is -2.24. The molecule has 1 saturated carbocycles. The van der Waals surface area contributed by atoms with Crippen LogP contribution in [0.25, 0.3) is 5.52 Å². The van der Waals surface area contributed by atoms with Gasteiger partial charge in [0.05, 0.1) is 7.11 Å². The molecule has 0 aromatic carbocycles. The number of hydrogen-bond donors (Lipinski definition) is 1. The molecule has 90 valence electrons. The van der Waals surface area contributed by atoms with Crippen LogP contribution < -0.4 is 16.1 Å². The Bertz CT molecular complexity index is 645. The normalized spacial score (nSPS) is 15.9. The molecule has 7 nitrogen and oxygen atoms in total. The quantitative estimate of drug-likeness (QED) is 0.676. The van der Waals surface area contributed by atoms with Gasteiger partial charge in [-0.2, -0.15) is 4.98 Å². The number of nitrogens with two attached hydrogens (primary N) is 1. The van der Waals surface area contributed by atoms with E-state index in [2.05, 4.69) is 15.1 Å². The van der Waals surface area contributed by atoms with Crippen molar-refractivity contribution in [3.63, 3.8) is 0 Å². The van der Waals surface area contributed by atoms with Crippen LogP contribution in [0.1, 0.15) is 24.6 Å². The van der Waals surface area contributed by atoms with E-state index in [0.29, 0.717) is 24.2 Å². The molecule has 0 bridgehead atoms. The summed E-state index contributed by atoms with van der Waals surface area (Å²) in [5.41, 5.74) is 6.37. The number of carbonyl (C=O) groups excluding carboxylic acids is 1. The van der Waals surface area contributed by atoms with Crippen LogP contribution in [-0.4, -0.2) is 40.3 Å². The number of nitrogens with zero attached hydrogens (tertiary/aromatic N) is 4. The van der Waals surface area contributed by atoms with Crippen LogP contribution in [0.15, 0.2) is 0 Å². The van der Waals surface area contributed by atoms with E-state index < -0.39 is 0 Å². The lowest BCUT2D eigenvalue weighted by Gasteiger charge is -2.22. The molecule has 1 aliphatic rings. The van der Waals surface area contributed by atoms with Gasteiger partial charge in [0.25, 0.3) is 0 Å². The van der Waals surface area contributed by atoms with Gasteiger partial charge in [0.1, 0.15) is 25.0 Å². The van der Waals surface area contributed by atoms with Crippen molar-refractivity contribution in [2.45, 2.75) is 18.8 Å². The topological polar surface area (TPSA) is 95.4 Å². The molecule has 2 aromatic rings. The summed E-state index contributed by atoms with van der Waals surface area (Å²) in [6, 6.07) is 0. The highest BCUT2D eigenvalue weighted by molar-refractivity contribution is 6.35. The first-order chi connectivity index (χ1) is 8.60. The predicted molar refractivity (Wildman–Crippen MR) is 64.1 cm³/mol. The smallest absolute Gasteiger partial charge is 0.244 e. The average molecular weight is 243 g/mol. The molecule has 2 heterocycles. The first kappa shape index (κ1) is 11.0. The third kappa shape index (κ3) is 1.45. The molecule has 3 rings (SSSR count). The van der Waals surface area contributed by atoms with Gasteiger partial charge in [-0.1, -0.05) is 0 Å². The molecule has 1 fully saturated rings. The van der Waals surface area contributed by atoms with Crippen LogP contribution in [-0.2, 0) is 4.79 Å². The molecule has 0 atom stereocenters. The van der Waals surface area contributed by atoms with Gasteiger partial charge >= 0.3 is 0 Å². The van der Waals surface area contributed by atoms with E-state index in [-0.39, 0.29) is 29.1 Å². The van der Waals surface area contributed by atoms with Gasteiger partial charge in [-0.25, -0.2) is 9.50 Å². The zero-order chi connectivity index (χ0) is 12.9. The molecule has 0 aliphatic heterocycles. The Morgan fingerprint density at radius 1 is 1.44 bits per heavy atom. The number of ether oxygens (including phenoxy) is 1. The van der Waals surface area contributed by atoms with Gasteiger partial charge in [0, 0.05) is 24.4 Å². The van der Waals surface area contributed by atoms with E-state index in [9.17, 15) is 4.79 Å². The van der Waals surface area contributed by atoms with Gasteiger partial charge in [-0.3, -0.25) is 4.79 Å². The van der Waals surface area contributed by atoms with Gasteiger partial charge < -0.3 is 10.5 Å². The summed E-state index contributed by atoms with van der Waals surface area (Å²) >= 11 is 0. The van der Waals surface area contributed by atoms with E-state index >= 15 is 0 Å². The van der Waals surface area contributed by atoms with E-state index in [4.69, 9.17) is 18.3 Å². The van der Waals surface area contributed by atoms with Crippen molar-refractivity contribution in [2.75, 3.05) is 12.8 Å². The molecule has 0 unspecified atom stereocenters. The highest BCUT2D eigenvalue weighted by Gasteiger charge is 2.32. The number of fused-ring (bicyclic) bond motifs is 1. The van der Waals surface area contributed by atoms with Crippen LogP contribution in [0.3, 0.4) is 0 Å². The highest BCUT2D eigenvalue weighted by atomic mass is 16.5. The van der Waals surface area contributed by atoms with E-state index in [0.717, 1.165) is 0 Å². The van der Waals surface area contributed by atoms with Crippen molar-refractivity contribution in [3.05, 3.63) is 5.82 Å². The van der Waals surface area contributed by atoms with Crippen molar-refractivity contribution in [1.29, 1.82) is 0 Å². The first-order valence-corrected chi connectivity index (χ1v) is 5.47. The maximum atomic E-state index is 11.1. The zero-order valence-electron chi connectivity index (χ0n) is 9.75. The standard InChI is InChI=1S/C10H10BN5O2/c1-18-9-6-7(11)13-8(4-2-5(17)3-4)16(6)15-10(12)14-9/h4H,2-3H2,1H3,(H2,12,15). The minimum Gasteiger partial charge on any atom is -0.479 e. The summed E-state index contributed by atoms with van der Waals surface area (Å²) in [7, 11) is 7.31. The van der Waals surface area contributed by atoms with Crippen LogP contribution >= 0.6 is 0 Å². The number of methoxy groups -OCH3 is 1. The van der Waals surface area contributed by atoms with Crippen molar-refractivity contribution >= 4 is 30.7 Å². The number of nitrogen functional groups attached to an aromatic ring is 1. The molecule has 1 aliphatic carbocycles. The average Bonchev–Trinajstić information content (AvgIpc) is 2.61. The molecule has 0 spiro atoms. The third-order valence-corrected chi connectivity index (χ3v) is 3.03. The fraction of sp³-hybridized carbons (Fsp3) is 0.400. The van der Waals surface area contributed by atoms with Crippen molar-refractivity contribution < 1.29 is 9.53 Å². The SMILES string of the molecule is [B]c1nc(C2CC(=O)C2)n2nc(N)nc(OC)c12. The second kappa shape index (κ2) is 3.69. The number of aromatic nitrogens is 4. The van der Waals surface area contributed by atoms with E-state index in [1.807, 2.05) is 0 Å². The minimum atomic E-state index is 0.0429. The summed E-state index contributed by atoms with van der Waals surface area (Å²) < 4.78 is 6.64. The molecule has 2 N–H and O–H groups in total. The van der Waals surface area contributed by atoms with Crippen molar-refractivity contribution in [1.82, 2.24) is 19.6 Å². The van der Waals surface area contributed by atoms with E-state index in [1.54, 1.807) is 0 Å². The van der Waals surface area contributed by atoms with Gasteiger partial charge in [-0.15, -0.1) is 5.10 Å². The van der Waals surface area contributed by atoms with Crippen LogP contribution in [0.5, 0.6) is 5.88 Å². The predicted octanol–water partition coefficient (Wildman–Crippen LogP) is -1.04. The lowest BCUT2D eigenvalue weighted by molar-refractivity contribution is -0.124. The Labute approximate surface area is 104 Å². The van der Waals surface area contributed by atoms with Gasteiger partial charge in [0.2, 0.25) is 11.8 Å². The number of ketones is 1. The van der Waals surface area contributed by atoms with Crippen molar-refractivity contribution in [3.8, 4) is 5.88 Å². The number of anilines is 1. The third-order valence-electron chi connectivity index (χ3n) is 3.03. The Balaban J connectivity index is 2.22. The molecule has 0 saturated heterocycles. The second-order valence-electron chi connectivity index (χ2n) is 4.24. The maximum absolute atomic E-state index is 11.1. The molecule has 2 aromatic heterocycles.